The average molecular weight is 375 g/mol. The second-order valence-corrected chi connectivity index (χ2v) is 7.77. The molecule has 2 fully saturated rings. The van der Waals surface area contributed by atoms with Gasteiger partial charge >= 0.3 is 0 Å². The summed E-state index contributed by atoms with van der Waals surface area (Å²) in [4.78, 5) is 20.7. The maximum Gasteiger partial charge on any atom is 0.291 e. The minimum Gasteiger partial charge on any atom is -0.438 e. The van der Waals surface area contributed by atoms with Gasteiger partial charge in [-0.3, -0.25) is 9.69 Å². The SMILES string of the molecule is Cc1ncoc1C(=O)N1CC[C@]2(CCCN(Cc3cccc(F)c3F)C2)C1. The molecule has 0 N–H and O–H groups in total. The van der Waals surface area contributed by atoms with E-state index in [-0.39, 0.29) is 11.3 Å². The number of halogens is 2. The van der Waals surface area contributed by atoms with Crippen molar-refractivity contribution < 1.29 is 18.0 Å². The van der Waals surface area contributed by atoms with Gasteiger partial charge in [0.2, 0.25) is 5.76 Å². The van der Waals surface area contributed by atoms with Crippen molar-refractivity contribution in [1.82, 2.24) is 14.8 Å². The molecular formula is C20H23F2N3O2. The van der Waals surface area contributed by atoms with E-state index in [2.05, 4.69) is 9.88 Å². The topological polar surface area (TPSA) is 49.6 Å². The lowest BCUT2D eigenvalue weighted by Gasteiger charge is -2.40. The third-order valence-corrected chi connectivity index (χ3v) is 5.83. The third-order valence-electron chi connectivity index (χ3n) is 5.83. The van der Waals surface area contributed by atoms with Crippen LogP contribution in [-0.4, -0.2) is 46.9 Å². The predicted molar refractivity (Wildman–Crippen MR) is 95.1 cm³/mol. The summed E-state index contributed by atoms with van der Waals surface area (Å²) < 4.78 is 32.7. The molecule has 1 atom stereocenters. The van der Waals surface area contributed by atoms with E-state index in [1.807, 2.05) is 4.90 Å². The first-order valence-corrected chi connectivity index (χ1v) is 9.32. The van der Waals surface area contributed by atoms with Gasteiger partial charge in [0.1, 0.15) is 0 Å². The number of carbonyl (C=O) groups is 1. The van der Waals surface area contributed by atoms with E-state index in [0.717, 1.165) is 38.4 Å². The zero-order valence-electron chi connectivity index (χ0n) is 15.4. The number of likely N-dealkylation sites (tertiary alicyclic amines) is 2. The standard InChI is InChI=1S/C20H23F2N3O2/c1-14-18(27-13-23-14)19(26)25-9-7-20(12-25)6-3-8-24(11-20)10-15-4-2-5-16(21)17(15)22/h2,4-5,13H,3,6-12H2,1H3/t20-/m0/s1. The second kappa shape index (κ2) is 7.03. The van der Waals surface area contributed by atoms with Gasteiger partial charge in [-0.05, 0) is 38.8 Å². The molecule has 5 nitrogen and oxygen atoms in total. The van der Waals surface area contributed by atoms with Crippen molar-refractivity contribution in [2.75, 3.05) is 26.2 Å². The Morgan fingerprint density at radius 2 is 2.11 bits per heavy atom. The highest BCUT2D eigenvalue weighted by atomic mass is 19.2. The Balaban J connectivity index is 1.44. The number of aromatic nitrogens is 1. The smallest absolute Gasteiger partial charge is 0.291 e. The monoisotopic (exact) mass is 375 g/mol. The van der Waals surface area contributed by atoms with Crippen molar-refractivity contribution in [3.05, 3.63) is 53.2 Å². The molecule has 2 aliphatic rings. The maximum atomic E-state index is 14.0. The van der Waals surface area contributed by atoms with Crippen LogP contribution >= 0.6 is 0 Å². The molecule has 27 heavy (non-hydrogen) atoms. The van der Waals surface area contributed by atoms with Crippen LogP contribution < -0.4 is 0 Å². The lowest BCUT2D eigenvalue weighted by molar-refractivity contribution is 0.0648. The Kier molecular flexibility index (Phi) is 4.72. The number of oxazole rings is 1. The Labute approximate surface area is 157 Å². The number of hydrogen-bond donors (Lipinski definition) is 0. The lowest BCUT2D eigenvalue weighted by Crippen LogP contribution is -2.45. The lowest BCUT2D eigenvalue weighted by atomic mass is 9.79. The van der Waals surface area contributed by atoms with Crippen LogP contribution in [0.15, 0.2) is 29.0 Å². The number of carbonyl (C=O) groups excluding carboxylic acids is 1. The fourth-order valence-corrected chi connectivity index (χ4v) is 4.45. The van der Waals surface area contributed by atoms with Crippen molar-refractivity contribution in [3.8, 4) is 0 Å². The number of rotatable bonds is 3. The highest BCUT2D eigenvalue weighted by Gasteiger charge is 2.43. The van der Waals surface area contributed by atoms with Gasteiger partial charge in [0.05, 0.1) is 5.69 Å². The van der Waals surface area contributed by atoms with Crippen molar-refractivity contribution in [3.63, 3.8) is 0 Å². The van der Waals surface area contributed by atoms with Crippen LogP contribution in [0.1, 0.15) is 41.1 Å². The van der Waals surface area contributed by atoms with Gasteiger partial charge in [0.15, 0.2) is 18.0 Å². The Morgan fingerprint density at radius 1 is 1.26 bits per heavy atom. The van der Waals surface area contributed by atoms with Gasteiger partial charge in [-0.15, -0.1) is 0 Å². The molecule has 0 unspecified atom stereocenters. The molecule has 2 saturated heterocycles. The Hall–Kier alpha value is -2.28. The molecule has 0 aliphatic carbocycles. The summed E-state index contributed by atoms with van der Waals surface area (Å²) in [6.07, 6.45) is 4.23. The number of nitrogens with zero attached hydrogens (tertiary/aromatic N) is 3. The molecular weight excluding hydrogens is 352 g/mol. The molecule has 1 aromatic carbocycles. The Bertz CT molecular complexity index is 854. The molecule has 1 aromatic heterocycles. The van der Waals surface area contributed by atoms with E-state index in [4.69, 9.17) is 4.42 Å². The molecule has 2 aliphatic heterocycles. The van der Waals surface area contributed by atoms with E-state index >= 15 is 0 Å². The summed E-state index contributed by atoms with van der Waals surface area (Å²) in [5.41, 5.74) is 0.995. The van der Waals surface area contributed by atoms with Crippen molar-refractivity contribution in [1.29, 1.82) is 0 Å². The van der Waals surface area contributed by atoms with Crippen LogP contribution in [0, 0.1) is 24.0 Å². The van der Waals surface area contributed by atoms with Crippen LogP contribution in [0.25, 0.3) is 0 Å². The molecule has 0 saturated carbocycles. The minimum absolute atomic E-state index is 0.00559. The molecule has 2 aromatic rings. The average Bonchev–Trinajstić information content (AvgIpc) is 3.25. The fourth-order valence-electron chi connectivity index (χ4n) is 4.45. The molecule has 0 radical (unpaired) electrons. The van der Waals surface area contributed by atoms with Crippen molar-refractivity contribution in [2.24, 2.45) is 5.41 Å². The minimum atomic E-state index is -0.806. The highest BCUT2D eigenvalue weighted by molar-refractivity contribution is 5.92. The van der Waals surface area contributed by atoms with Gasteiger partial charge < -0.3 is 9.32 Å². The summed E-state index contributed by atoms with van der Waals surface area (Å²) in [6.45, 7) is 5.13. The summed E-state index contributed by atoms with van der Waals surface area (Å²) in [7, 11) is 0. The van der Waals surface area contributed by atoms with Gasteiger partial charge in [0, 0.05) is 37.2 Å². The third kappa shape index (κ3) is 3.48. The van der Waals surface area contributed by atoms with Gasteiger partial charge in [0.25, 0.3) is 5.91 Å². The van der Waals surface area contributed by atoms with Crippen LogP contribution in [0.2, 0.25) is 0 Å². The summed E-state index contributed by atoms with van der Waals surface area (Å²) in [6, 6.07) is 4.32. The first-order chi connectivity index (χ1) is 13.0. The zero-order valence-corrected chi connectivity index (χ0v) is 15.4. The van der Waals surface area contributed by atoms with E-state index in [9.17, 15) is 13.6 Å². The van der Waals surface area contributed by atoms with Gasteiger partial charge in [-0.25, -0.2) is 13.8 Å². The van der Waals surface area contributed by atoms with E-state index in [0.29, 0.717) is 36.7 Å². The van der Waals surface area contributed by atoms with Crippen LogP contribution in [0.5, 0.6) is 0 Å². The predicted octanol–water partition coefficient (Wildman–Crippen LogP) is 3.39. The number of benzene rings is 1. The summed E-state index contributed by atoms with van der Waals surface area (Å²) >= 11 is 0. The Morgan fingerprint density at radius 3 is 2.89 bits per heavy atom. The van der Waals surface area contributed by atoms with Crippen molar-refractivity contribution >= 4 is 5.91 Å². The second-order valence-electron chi connectivity index (χ2n) is 7.77. The van der Waals surface area contributed by atoms with Gasteiger partial charge in [-0.1, -0.05) is 12.1 Å². The molecule has 1 spiro atoms. The summed E-state index contributed by atoms with van der Waals surface area (Å²) in [5.74, 6) is -1.38. The zero-order chi connectivity index (χ0) is 19.0. The maximum absolute atomic E-state index is 14.0. The molecule has 7 heteroatoms. The summed E-state index contributed by atoms with van der Waals surface area (Å²) in [5, 5.41) is 0. The number of hydrogen-bond acceptors (Lipinski definition) is 4. The largest absolute Gasteiger partial charge is 0.438 e. The van der Waals surface area contributed by atoms with E-state index in [1.54, 1.807) is 19.1 Å². The van der Waals surface area contributed by atoms with E-state index in [1.165, 1.54) is 6.39 Å². The van der Waals surface area contributed by atoms with Crippen molar-refractivity contribution in [2.45, 2.75) is 32.7 Å². The quantitative estimate of drug-likeness (QED) is 0.825. The molecule has 0 bridgehead atoms. The molecule has 1 amide bonds. The van der Waals surface area contributed by atoms with Crippen LogP contribution in [0.4, 0.5) is 8.78 Å². The number of amides is 1. The van der Waals surface area contributed by atoms with Crippen LogP contribution in [0.3, 0.4) is 0 Å². The fraction of sp³-hybridized carbons (Fsp3) is 0.500. The van der Waals surface area contributed by atoms with Gasteiger partial charge in [-0.2, -0.15) is 0 Å². The van der Waals surface area contributed by atoms with E-state index < -0.39 is 11.6 Å². The normalized spacial score (nSPS) is 23.3. The van der Waals surface area contributed by atoms with Crippen LogP contribution in [-0.2, 0) is 6.54 Å². The first-order valence-electron chi connectivity index (χ1n) is 9.32. The first kappa shape index (κ1) is 18.1. The number of piperidine rings is 1. The number of aryl methyl sites for hydroxylation is 1. The molecule has 144 valence electrons. The molecule has 4 rings (SSSR count). The molecule has 3 heterocycles. The highest BCUT2D eigenvalue weighted by Crippen LogP contribution is 2.40.